The molecule has 0 saturated heterocycles. The number of hydrogen-bond acceptors (Lipinski definition) is 3. The minimum absolute atomic E-state index is 0.0449. The van der Waals surface area contributed by atoms with Gasteiger partial charge in [-0.2, -0.15) is 11.8 Å². The number of nitrogens with two attached hydrogens (primary N) is 1. The van der Waals surface area contributed by atoms with Gasteiger partial charge in [0.2, 0.25) is 0 Å². The predicted octanol–water partition coefficient (Wildman–Crippen LogP) is 2.41. The number of hydrogen-bond donors (Lipinski definition) is 2. The summed E-state index contributed by atoms with van der Waals surface area (Å²) in [5.74, 6) is 1.00. The first kappa shape index (κ1) is 13.6. The van der Waals surface area contributed by atoms with Crippen LogP contribution < -0.4 is 5.73 Å². The van der Waals surface area contributed by atoms with Gasteiger partial charge in [-0.3, -0.25) is 0 Å². The van der Waals surface area contributed by atoms with Gasteiger partial charge in [0.1, 0.15) is 0 Å². The Bertz CT molecular complexity index is 300. The average Bonchev–Trinajstić information content (AvgIpc) is 2.27. The van der Waals surface area contributed by atoms with Gasteiger partial charge < -0.3 is 10.8 Å². The molecule has 1 aromatic carbocycles. The van der Waals surface area contributed by atoms with Crippen LogP contribution in [0.5, 0.6) is 0 Å². The maximum absolute atomic E-state index is 9.09. The van der Waals surface area contributed by atoms with Crippen LogP contribution in [0.25, 0.3) is 0 Å². The van der Waals surface area contributed by atoms with Crippen molar-refractivity contribution in [2.45, 2.75) is 36.8 Å². The molecule has 2 nitrogen and oxygen atoms in total. The molecule has 0 aliphatic heterocycles. The molecule has 0 spiro atoms. The Morgan fingerprint density at radius 3 is 2.56 bits per heavy atom. The molecule has 0 radical (unpaired) electrons. The number of rotatable bonds is 6. The molecule has 0 aromatic heterocycles. The molecule has 0 aliphatic rings. The highest BCUT2D eigenvalue weighted by atomic mass is 32.2. The van der Waals surface area contributed by atoms with E-state index < -0.39 is 5.54 Å². The molecule has 0 fully saturated rings. The van der Waals surface area contributed by atoms with Gasteiger partial charge in [0.25, 0.3) is 0 Å². The van der Waals surface area contributed by atoms with E-state index in [2.05, 4.69) is 31.2 Å². The van der Waals surface area contributed by atoms with Crippen molar-refractivity contribution in [3.63, 3.8) is 0 Å². The first-order valence-electron chi connectivity index (χ1n) is 5.59. The zero-order valence-electron chi connectivity index (χ0n) is 10.0. The highest BCUT2D eigenvalue weighted by Gasteiger charge is 2.20. The van der Waals surface area contributed by atoms with Crippen molar-refractivity contribution < 1.29 is 5.11 Å². The summed E-state index contributed by atoms with van der Waals surface area (Å²) in [6.45, 7) is 4.10. The Balaban J connectivity index is 2.33. The van der Waals surface area contributed by atoms with Crippen LogP contribution in [-0.2, 0) is 5.75 Å². The molecule has 0 heterocycles. The summed E-state index contributed by atoms with van der Waals surface area (Å²) < 4.78 is 0. The van der Waals surface area contributed by atoms with Gasteiger partial charge in [0.15, 0.2) is 0 Å². The summed E-state index contributed by atoms with van der Waals surface area (Å²) in [5, 5.41) is 9.55. The first-order valence-corrected chi connectivity index (χ1v) is 6.63. The Morgan fingerprint density at radius 1 is 1.38 bits per heavy atom. The van der Waals surface area contributed by atoms with Crippen LogP contribution in [-0.4, -0.2) is 22.5 Å². The minimum atomic E-state index is -0.455. The fourth-order valence-electron chi connectivity index (χ4n) is 1.59. The Kier molecular flexibility index (Phi) is 5.32. The topological polar surface area (TPSA) is 46.2 Å². The highest BCUT2D eigenvalue weighted by molar-refractivity contribution is 7.99. The largest absolute Gasteiger partial charge is 0.394 e. The second kappa shape index (κ2) is 6.28. The van der Waals surface area contributed by atoms with Crippen LogP contribution in [0.15, 0.2) is 30.3 Å². The van der Waals surface area contributed by atoms with Crippen LogP contribution in [0.4, 0.5) is 0 Å². The molecule has 16 heavy (non-hydrogen) atoms. The van der Waals surface area contributed by atoms with E-state index in [1.54, 1.807) is 0 Å². The van der Waals surface area contributed by atoms with Gasteiger partial charge in [0, 0.05) is 16.5 Å². The molecule has 90 valence electrons. The lowest BCUT2D eigenvalue weighted by atomic mass is 9.99. The zero-order valence-corrected chi connectivity index (χ0v) is 10.8. The van der Waals surface area contributed by atoms with E-state index in [-0.39, 0.29) is 6.61 Å². The molecule has 3 N–H and O–H groups in total. The molecule has 0 saturated carbocycles. The Morgan fingerprint density at radius 2 is 2.00 bits per heavy atom. The summed E-state index contributed by atoms with van der Waals surface area (Å²) in [5.41, 5.74) is 6.80. The van der Waals surface area contributed by atoms with Crippen molar-refractivity contribution in [2.75, 3.05) is 6.61 Å². The number of aliphatic hydroxyl groups is 1. The third-order valence-electron chi connectivity index (χ3n) is 2.49. The normalized spacial score (nSPS) is 16.8. The van der Waals surface area contributed by atoms with Gasteiger partial charge in [-0.05, 0) is 18.9 Å². The van der Waals surface area contributed by atoms with Crippen LogP contribution in [0, 0.1) is 0 Å². The first-order chi connectivity index (χ1) is 7.53. The molecule has 0 aliphatic carbocycles. The summed E-state index contributed by atoms with van der Waals surface area (Å²) >= 11 is 1.88. The minimum Gasteiger partial charge on any atom is -0.394 e. The fraction of sp³-hybridized carbons (Fsp3) is 0.538. The van der Waals surface area contributed by atoms with Gasteiger partial charge in [-0.1, -0.05) is 37.3 Å². The molecule has 1 rings (SSSR count). The lowest BCUT2D eigenvalue weighted by Gasteiger charge is -2.25. The van der Waals surface area contributed by atoms with Crippen molar-refractivity contribution >= 4 is 11.8 Å². The van der Waals surface area contributed by atoms with Gasteiger partial charge in [-0.15, -0.1) is 0 Å². The van der Waals surface area contributed by atoms with Crippen LogP contribution >= 0.6 is 11.8 Å². The van der Waals surface area contributed by atoms with E-state index in [4.69, 9.17) is 10.8 Å². The van der Waals surface area contributed by atoms with Crippen molar-refractivity contribution in [2.24, 2.45) is 5.73 Å². The average molecular weight is 239 g/mol. The summed E-state index contributed by atoms with van der Waals surface area (Å²) in [6.07, 6.45) is 0.834. The lowest BCUT2D eigenvalue weighted by Crippen LogP contribution is -2.42. The lowest BCUT2D eigenvalue weighted by molar-refractivity contribution is 0.201. The number of thioether (sulfide) groups is 1. The van der Waals surface area contributed by atoms with E-state index in [1.807, 2.05) is 24.8 Å². The van der Waals surface area contributed by atoms with Crippen LogP contribution in [0.1, 0.15) is 25.8 Å². The van der Waals surface area contributed by atoms with E-state index in [0.29, 0.717) is 5.25 Å². The molecule has 2 unspecified atom stereocenters. The van der Waals surface area contributed by atoms with E-state index in [0.717, 1.165) is 12.2 Å². The molecule has 2 atom stereocenters. The quantitative estimate of drug-likeness (QED) is 0.801. The van der Waals surface area contributed by atoms with Crippen molar-refractivity contribution in [3.8, 4) is 0 Å². The standard InChI is InChI=1S/C13H21NOS/c1-11(8-13(2,14)10-15)16-9-12-6-4-3-5-7-12/h3-7,11,15H,8-10,14H2,1-2H3. The van der Waals surface area contributed by atoms with Crippen LogP contribution in [0.2, 0.25) is 0 Å². The summed E-state index contributed by atoms with van der Waals surface area (Å²) in [6, 6.07) is 10.4. The highest BCUT2D eigenvalue weighted by Crippen LogP contribution is 2.23. The Labute approximate surface area is 102 Å². The third-order valence-corrected chi connectivity index (χ3v) is 3.73. The maximum atomic E-state index is 9.09. The van der Waals surface area contributed by atoms with E-state index in [9.17, 15) is 0 Å². The second-order valence-electron chi connectivity index (χ2n) is 4.62. The zero-order chi connectivity index (χ0) is 12.0. The van der Waals surface area contributed by atoms with Crippen molar-refractivity contribution in [1.82, 2.24) is 0 Å². The molecular weight excluding hydrogens is 218 g/mol. The third kappa shape index (κ3) is 5.01. The summed E-state index contributed by atoms with van der Waals surface area (Å²) in [4.78, 5) is 0. The van der Waals surface area contributed by atoms with Crippen molar-refractivity contribution in [1.29, 1.82) is 0 Å². The van der Waals surface area contributed by atoms with Gasteiger partial charge in [0.05, 0.1) is 6.61 Å². The van der Waals surface area contributed by atoms with Crippen molar-refractivity contribution in [3.05, 3.63) is 35.9 Å². The second-order valence-corrected chi connectivity index (χ2v) is 6.05. The fourth-order valence-corrected chi connectivity index (χ4v) is 2.76. The molecule has 0 bridgehead atoms. The SMILES string of the molecule is CC(CC(C)(N)CO)SCc1ccccc1. The molecular formula is C13H21NOS. The molecule has 3 heteroatoms. The predicted molar refractivity (Wildman–Crippen MR) is 71.5 cm³/mol. The monoisotopic (exact) mass is 239 g/mol. The molecule has 0 amide bonds. The number of aliphatic hydroxyl groups excluding tert-OH is 1. The van der Waals surface area contributed by atoms with Gasteiger partial charge in [-0.25, -0.2) is 0 Å². The van der Waals surface area contributed by atoms with E-state index >= 15 is 0 Å². The van der Waals surface area contributed by atoms with Crippen LogP contribution in [0.3, 0.4) is 0 Å². The maximum Gasteiger partial charge on any atom is 0.0608 e. The number of benzene rings is 1. The Hall–Kier alpha value is -0.510. The van der Waals surface area contributed by atoms with Gasteiger partial charge >= 0.3 is 0 Å². The van der Waals surface area contributed by atoms with E-state index in [1.165, 1.54) is 5.56 Å². The molecule has 1 aromatic rings. The summed E-state index contributed by atoms with van der Waals surface area (Å²) in [7, 11) is 0. The smallest absolute Gasteiger partial charge is 0.0608 e.